The van der Waals surface area contributed by atoms with Crippen LogP contribution in [-0.4, -0.2) is 29.9 Å². The maximum Gasteiger partial charge on any atom is 0.217 e. The number of rotatable bonds is 6. The van der Waals surface area contributed by atoms with Crippen LogP contribution in [0.15, 0.2) is 16.5 Å². The second kappa shape index (κ2) is 7.09. The quantitative estimate of drug-likeness (QED) is 0.839. The lowest BCUT2D eigenvalue weighted by molar-refractivity contribution is -0.119. The Morgan fingerprint density at radius 1 is 1.43 bits per heavy atom. The van der Waals surface area contributed by atoms with Crippen LogP contribution in [0.2, 0.25) is 0 Å². The number of hydrogen-bond acceptors (Lipinski definition) is 4. The standard InChI is InChI=1S/C16H27N3O2/c1-3-13(17)16(14-5-4-11(2)21-14)19-8-6-12(7-9-19)10-15(18)20/h4-5,12-13,16H,3,6-10,17H2,1-2H3,(H2,18,20). The number of piperidine rings is 1. The van der Waals surface area contributed by atoms with Crippen molar-refractivity contribution < 1.29 is 9.21 Å². The van der Waals surface area contributed by atoms with Crippen LogP contribution < -0.4 is 11.5 Å². The van der Waals surface area contributed by atoms with Gasteiger partial charge in [-0.1, -0.05) is 6.92 Å². The summed E-state index contributed by atoms with van der Waals surface area (Å²) in [5, 5.41) is 0. The van der Waals surface area contributed by atoms with E-state index in [2.05, 4.69) is 11.8 Å². The highest BCUT2D eigenvalue weighted by Gasteiger charge is 2.31. The zero-order chi connectivity index (χ0) is 15.4. The molecule has 2 rings (SSSR count). The van der Waals surface area contributed by atoms with E-state index < -0.39 is 0 Å². The number of carbonyl (C=O) groups excluding carboxylic acids is 1. The Morgan fingerprint density at radius 2 is 2.10 bits per heavy atom. The number of likely N-dealkylation sites (tertiary alicyclic amines) is 1. The fraction of sp³-hybridized carbons (Fsp3) is 0.688. The van der Waals surface area contributed by atoms with Crippen molar-refractivity contribution in [1.29, 1.82) is 0 Å². The minimum absolute atomic E-state index is 0.0586. The number of nitrogens with two attached hydrogens (primary N) is 2. The molecule has 1 fully saturated rings. The van der Waals surface area contributed by atoms with Crippen LogP contribution in [0, 0.1) is 12.8 Å². The van der Waals surface area contributed by atoms with Crippen molar-refractivity contribution in [2.24, 2.45) is 17.4 Å². The molecular formula is C16H27N3O2. The molecule has 5 nitrogen and oxygen atoms in total. The van der Waals surface area contributed by atoms with Crippen LogP contribution >= 0.6 is 0 Å². The van der Waals surface area contributed by atoms with Crippen LogP contribution in [0.1, 0.15) is 50.2 Å². The molecule has 2 unspecified atom stereocenters. The molecule has 1 aliphatic rings. The van der Waals surface area contributed by atoms with Crippen molar-refractivity contribution in [2.45, 2.75) is 51.6 Å². The largest absolute Gasteiger partial charge is 0.465 e. The Balaban J connectivity index is 2.04. The molecule has 0 spiro atoms. The molecule has 0 bridgehead atoms. The summed E-state index contributed by atoms with van der Waals surface area (Å²) in [6.45, 7) is 5.94. The van der Waals surface area contributed by atoms with Crippen molar-refractivity contribution in [2.75, 3.05) is 13.1 Å². The zero-order valence-corrected chi connectivity index (χ0v) is 13.0. The van der Waals surface area contributed by atoms with E-state index in [0.29, 0.717) is 12.3 Å². The molecule has 1 aromatic heterocycles. The maximum atomic E-state index is 11.0. The monoisotopic (exact) mass is 293 g/mol. The summed E-state index contributed by atoms with van der Waals surface area (Å²) in [5.74, 6) is 2.09. The van der Waals surface area contributed by atoms with Crippen molar-refractivity contribution in [3.8, 4) is 0 Å². The second-order valence-corrected chi connectivity index (χ2v) is 6.12. The number of hydrogen-bond donors (Lipinski definition) is 2. The fourth-order valence-electron chi connectivity index (χ4n) is 3.22. The van der Waals surface area contributed by atoms with E-state index in [1.54, 1.807) is 0 Å². The highest BCUT2D eigenvalue weighted by Crippen LogP contribution is 2.31. The molecule has 4 N–H and O–H groups in total. The van der Waals surface area contributed by atoms with Gasteiger partial charge in [-0.3, -0.25) is 9.69 Å². The Kier molecular flexibility index (Phi) is 5.42. The maximum absolute atomic E-state index is 11.0. The average molecular weight is 293 g/mol. The van der Waals surface area contributed by atoms with Gasteiger partial charge in [-0.15, -0.1) is 0 Å². The molecule has 2 atom stereocenters. The van der Waals surface area contributed by atoms with E-state index in [-0.39, 0.29) is 18.0 Å². The third-order valence-corrected chi connectivity index (χ3v) is 4.46. The highest BCUT2D eigenvalue weighted by atomic mass is 16.3. The first-order chi connectivity index (χ1) is 10.0. The SMILES string of the molecule is CCC(N)C(c1ccc(C)o1)N1CCC(CC(N)=O)CC1. The number of nitrogens with zero attached hydrogens (tertiary/aromatic N) is 1. The number of carbonyl (C=O) groups is 1. The van der Waals surface area contributed by atoms with Crippen LogP contribution in [0.25, 0.3) is 0 Å². The molecule has 1 aromatic rings. The lowest BCUT2D eigenvalue weighted by Gasteiger charge is -2.38. The molecule has 0 saturated carbocycles. The molecule has 118 valence electrons. The lowest BCUT2D eigenvalue weighted by atomic mass is 9.90. The smallest absolute Gasteiger partial charge is 0.217 e. The van der Waals surface area contributed by atoms with Crippen molar-refractivity contribution in [3.63, 3.8) is 0 Å². The number of aryl methyl sites for hydroxylation is 1. The molecule has 1 amide bonds. The van der Waals surface area contributed by atoms with Gasteiger partial charge in [0.25, 0.3) is 0 Å². The fourth-order valence-corrected chi connectivity index (χ4v) is 3.22. The second-order valence-electron chi connectivity index (χ2n) is 6.12. The minimum Gasteiger partial charge on any atom is -0.465 e. The minimum atomic E-state index is -0.197. The van der Waals surface area contributed by atoms with Crippen LogP contribution in [0.5, 0.6) is 0 Å². The number of primary amides is 1. The summed E-state index contributed by atoms with van der Waals surface area (Å²) in [5.41, 5.74) is 11.6. The topological polar surface area (TPSA) is 85.5 Å². The highest BCUT2D eigenvalue weighted by molar-refractivity contribution is 5.73. The van der Waals surface area contributed by atoms with Gasteiger partial charge in [-0.2, -0.15) is 0 Å². The molecule has 0 radical (unpaired) electrons. The summed E-state index contributed by atoms with van der Waals surface area (Å²) in [6.07, 6.45) is 3.40. The van der Waals surface area contributed by atoms with E-state index in [1.165, 1.54) is 0 Å². The molecule has 2 heterocycles. The van der Waals surface area contributed by atoms with Crippen molar-refractivity contribution in [3.05, 3.63) is 23.7 Å². The molecule has 1 aliphatic heterocycles. The van der Waals surface area contributed by atoms with Gasteiger partial charge in [-0.05, 0) is 57.3 Å². The van der Waals surface area contributed by atoms with Gasteiger partial charge < -0.3 is 15.9 Å². The van der Waals surface area contributed by atoms with Gasteiger partial charge in [0, 0.05) is 12.5 Å². The summed E-state index contributed by atoms with van der Waals surface area (Å²) in [6, 6.07) is 4.21. The Labute approximate surface area is 126 Å². The van der Waals surface area contributed by atoms with Gasteiger partial charge in [0.05, 0.1) is 6.04 Å². The van der Waals surface area contributed by atoms with E-state index in [9.17, 15) is 4.79 Å². The Hall–Kier alpha value is -1.33. The number of amides is 1. The third-order valence-electron chi connectivity index (χ3n) is 4.46. The summed E-state index contributed by atoms with van der Waals surface area (Å²) in [7, 11) is 0. The predicted octanol–water partition coefficient (Wildman–Crippen LogP) is 1.95. The van der Waals surface area contributed by atoms with Crippen molar-refractivity contribution in [1.82, 2.24) is 4.90 Å². The molecule has 0 aromatic carbocycles. The first-order valence-corrected chi connectivity index (χ1v) is 7.85. The third kappa shape index (κ3) is 4.08. The molecule has 5 heteroatoms. The molecule has 21 heavy (non-hydrogen) atoms. The number of furan rings is 1. The van der Waals surface area contributed by atoms with Crippen LogP contribution in [0.4, 0.5) is 0 Å². The predicted molar refractivity (Wildman–Crippen MR) is 82.6 cm³/mol. The van der Waals surface area contributed by atoms with E-state index in [1.807, 2.05) is 19.1 Å². The molecule has 0 aliphatic carbocycles. The Morgan fingerprint density at radius 3 is 2.57 bits per heavy atom. The van der Waals surface area contributed by atoms with Gasteiger partial charge >= 0.3 is 0 Å². The lowest BCUT2D eigenvalue weighted by Crippen LogP contribution is -2.44. The summed E-state index contributed by atoms with van der Waals surface area (Å²) >= 11 is 0. The summed E-state index contributed by atoms with van der Waals surface area (Å²) in [4.78, 5) is 13.4. The molecule has 1 saturated heterocycles. The van der Waals surface area contributed by atoms with E-state index in [4.69, 9.17) is 15.9 Å². The average Bonchev–Trinajstić information content (AvgIpc) is 2.86. The van der Waals surface area contributed by atoms with Gasteiger partial charge in [0.1, 0.15) is 11.5 Å². The van der Waals surface area contributed by atoms with E-state index in [0.717, 1.165) is 43.9 Å². The van der Waals surface area contributed by atoms with Gasteiger partial charge in [0.15, 0.2) is 0 Å². The van der Waals surface area contributed by atoms with E-state index >= 15 is 0 Å². The Bertz CT molecular complexity index is 464. The van der Waals surface area contributed by atoms with Gasteiger partial charge in [0.2, 0.25) is 5.91 Å². The van der Waals surface area contributed by atoms with Crippen LogP contribution in [0.3, 0.4) is 0 Å². The van der Waals surface area contributed by atoms with Gasteiger partial charge in [-0.25, -0.2) is 0 Å². The normalized spacial score (nSPS) is 20.3. The van der Waals surface area contributed by atoms with Crippen LogP contribution in [-0.2, 0) is 4.79 Å². The first kappa shape index (κ1) is 16.0. The zero-order valence-electron chi connectivity index (χ0n) is 13.0. The first-order valence-electron chi connectivity index (χ1n) is 7.85. The van der Waals surface area contributed by atoms with Crippen molar-refractivity contribution >= 4 is 5.91 Å². The summed E-state index contributed by atoms with van der Waals surface area (Å²) < 4.78 is 5.82. The molecular weight excluding hydrogens is 266 g/mol.